The van der Waals surface area contributed by atoms with Crippen molar-refractivity contribution in [2.75, 3.05) is 5.32 Å². The van der Waals surface area contributed by atoms with Crippen LogP contribution in [0.2, 0.25) is 0 Å². The second-order valence-electron chi connectivity index (χ2n) is 5.37. The molecule has 3 nitrogen and oxygen atoms in total. The van der Waals surface area contributed by atoms with Gasteiger partial charge < -0.3 is 10.6 Å². The first-order chi connectivity index (χ1) is 10.6. The van der Waals surface area contributed by atoms with Gasteiger partial charge in [0.2, 0.25) is 0 Å². The smallest absolute Gasteiger partial charge is 0.319 e. The summed E-state index contributed by atoms with van der Waals surface area (Å²) in [6, 6.07) is 12.3. The number of benzene rings is 2. The van der Waals surface area contributed by atoms with Crippen LogP contribution in [0.5, 0.6) is 0 Å². The van der Waals surface area contributed by atoms with Gasteiger partial charge in [-0.05, 0) is 48.6 Å². The van der Waals surface area contributed by atoms with Crippen molar-refractivity contribution in [2.45, 2.75) is 25.3 Å². The molecular weight excluding hydrogens is 347 g/mol. The molecule has 0 bridgehead atoms. The standard InChI is InChI=1S/C17H16BrFN2O/c18-12-8-9-16(14(19)10-12)21-17(22)20-15-7-3-5-11-4-1-2-6-13(11)15/h1-2,4,6,8-10,15H,3,5,7H2,(H2,20,21,22). The normalized spacial score (nSPS) is 16.7. The van der Waals surface area contributed by atoms with Crippen molar-refractivity contribution < 1.29 is 9.18 Å². The molecule has 114 valence electrons. The minimum absolute atomic E-state index is 0.0246. The molecule has 0 radical (unpaired) electrons. The second-order valence-corrected chi connectivity index (χ2v) is 6.28. The summed E-state index contributed by atoms with van der Waals surface area (Å²) in [5.41, 5.74) is 2.60. The molecule has 0 aromatic heterocycles. The van der Waals surface area contributed by atoms with E-state index < -0.39 is 5.82 Å². The Bertz CT molecular complexity index is 705. The average molecular weight is 363 g/mol. The van der Waals surface area contributed by atoms with Crippen LogP contribution in [0.4, 0.5) is 14.9 Å². The van der Waals surface area contributed by atoms with Crippen molar-refractivity contribution in [1.82, 2.24) is 5.32 Å². The van der Waals surface area contributed by atoms with Crippen LogP contribution >= 0.6 is 15.9 Å². The lowest BCUT2D eigenvalue weighted by Crippen LogP contribution is -2.34. The van der Waals surface area contributed by atoms with Gasteiger partial charge in [-0.2, -0.15) is 0 Å². The van der Waals surface area contributed by atoms with Gasteiger partial charge in [0.05, 0.1) is 11.7 Å². The van der Waals surface area contributed by atoms with E-state index in [1.54, 1.807) is 6.07 Å². The average Bonchev–Trinajstić information content (AvgIpc) is 2.50. The van der Waals surface area contributed by atoms with Crippen LogP contribution in [0.1, 0.15) is 30.0 Å². The minimum atomic E-state index is -0.464. The molecule has 0 saturated heterocycles. The summed E-state index contributed by atoms with van der Waals surface area (Å²) in [5, 5.41) is 5.51. The molecule has 1 aliphatic carbocycles. The maximum Gasteiger partial charge on any atom is 0.319 e. The Morgan fingerprint density at radius 2 is 2.05 bits per heavy atom. The van der Waals surface area contributed by atoms with Crippen LogP contribution in [-0.4, -0.2) is 6.03 Å². The number of rotatable bonds is 2. The van der Waals surface area contributed by atoms with Crippen LogP contribution < -0.4 is 10.6 Å². The van der Waals surface area contributed by atoms with Gasteiger partial charge in [0, 0.05) is 4.47 Å². The molecular formula is C17H16BrFN2O. The molecule has 5 heteroatoms. The van der Waals surface area contributed by atoms with Gasteiger partial charge in [0.25, 0.3) is 0 Å². The largest absolute Gasteiger partial charge is 0.331 e. The molecule has 3 rings (SSSR count). The van der Waals surface area contributed by atoms with E-state index in [1.165, 1.54) is 17.7 Å². The fourth-order valence-corrected chi connectivity index (χ4v) is 3.14. The number of carbonyl (C=O) groups excluding carboxylic acids is 1. The molecule has 2 aromatic rings. The fourth-order valence-electron chi connectivity index (χ4n) is 2.81. The monoisotopic (exact) mass is 362 g/mol. The van der Waals surface area contributed by atoms with Gasteiger partial charge in [-0.15, -0.1) is 0 Å². The summed E-state index contributed by atoms with van der Waals surface area (Å²) < 4.78 is 14.4. The number of anilines is 1. The van der Waals surface area contributed by atoms with Crippen molar-refractivity contribution in [3.05, 3.63) is 63.9 Å². The Morgan fingerprint density at radius 3 is 2.86 bits per heavy atom. The fraction of sp³-hybridized carbons (Fsp3) is 0.235. The van der Waals surface area contributed by atoms with Gasteiger partial charge >= 0.3 is 6.03 Å². The number of fused-ring (bicyclic) bond motifs is 1. The van der Waals surface area contributed by atoms with Gasteiger partial charge in [0.1, 0.15) is 5.82 Å². The predicted molar refractivity (Wildman–Crippen MR) is 88.4 cm³/mol. The Labute approximate surface area is 137 Å². The summed E-state index contributed by atoms with van der Waals surface area (Å²) in [4.78, 5) is 12.1. The van der Waals surface area contributed by atoms with E-state index in [2.05, 4.69) is 32.6 Å². The molecule has 0 saturated carbocycles. The van der Waals surface area contributed by atoms with Crippen molar-refractivity contribution in [2.24, 2.45) is 0 Å². The van der Waals surface area contributed by atoms with E-state index in [4.69, 9.17) is 0 Å². The van der Waals surface area contributed by atoms with Crippen LogP contribution in [0, 0.1) is 5.82 Å². The number of nitrogens with one attached hydrogen (secondary N) is 2. The van der Waals surface area contributed by atoms with E-state index in [0.29, 0.717) is 4.47 Å². The molecule has 2 N–H and O–H groups in total. The minimum Gasteiger partial charge on any atom is -0.331 e. The van der Waals surface area contributed by atoms with E-state index >= 15 is 0 Å². The molecule has 0 heterocycles. The zero-order valence-electron chi connectivity index (χ0n) is 11.9. The summed E-state index contributed by atoms with van der Waals surface area (Å²) in [6.45, 7) is 0. The predicted octanol–water partition coefficient (Wildman–Crippen LogP) is 4.79. The van der Waals surface area contributed by atoms with Gasteiger partial charge in [-0.25, -0.2) is 9.18 Å². The van der Waals surface area contributed by atoms with Crippen molar-refractivity contribution in [1.29, 1.82) is 0 Å². The van der Waals surface area contributed by atoms with Crippen molar-refractivity contribution in [3.8, 4) is 0 Å². The molecule has 2 amide bonds. The van der Waals surface area contributed by atoms with E-state index in [1.807, 2.05) is 18.2 Å². The molecule has 0 spiro atoms. The number of hydrogen-bond acceptors (Lipinski definition) is 1. The SMILES string of the molecule is O=C(Nc1ccc(Br)cc1F)NC1CCCc2ccccc21. The number of urea groups is 1. The Balaban J connectivity index is 1.70. The second kappa shape index (κ2) is 6.48. The highest BCUT2D eigenvalue weighted by Gasteiger charge is 2.21. The number of carbonyl (C=O) groups is 1. The van der Waals surface area contributed by atoms with Crippen LogP contribution in [0.3, 0.4) is 0 Å². The first-order valence-electron chi connectivity index (χ1n) is 7.24. The van der Waals surface area contributed by atoms with Crippen LogP contribution in [0.15, 0.2) is 46.9 Å². The highest BCUT2D eigenvalue weighted by molar-refractivity contribution is 9.10. The van der Waals surface area contributed by atoms with Crippen molar-refractivity contribution >= 4 is 27.6 Å². The van der Waals surface area contributed by atoms with Crippen LogP contribution in [-0.2, 0) is 6.42 Å². The number of aryl methyl sites for hydroxylation is 1. The lowest BCUT2D eigenvalue weighted by atomic mass is 9.88. The molecule has 0 fully saturated rings. The molecule has 1 unspecified atom stereocenters. The Hall–Kier alpha value is -1.88. The molecule has 0 aliphatic heterocycles. The quantitative estimate of drug-likeness (QED) is 0.792. The summed E-state index contributed by atoms with van der Waals surface area (Å²) >= 11 is 3.19. The van der Waals surface area contributed by atoms with E-state index in [0.717, 1.165) is 24.8 Å². The topological polar surface area (TPSA) is 41.1 Å². The highest BCUT2D eigenvalue weighted by Crippen LogP contribution is 2.29. The van der Waals surface area contributed by atoms with Gasteiger partial charge in [-0.3, -0.25) is 0 Å². The van der Waals surface area contributed by atoms with Gasteiger partial charge in [-0.1, -0.05) is 40.2 Å². The Kier molecular flexibility index (Phi) is 4.43. The molecule has 1 atom stereocenters. The third-order valence-electron chi connectivity index (χ3n) is 3.85. The molecule has 1 aliphatic rings. The Morgan fingerprint density at radius 1 is 1.23 bits per heavy atom. The number of hydrogen-bond donors (Lipinski definition) is 2. The maximum atomic E-state index is 13.8. The first kappa shape index (κ1) is 15.0. The zero-order chi connectivity index (χ0) is 15.5. The summed E-state index contributed by atoms with van der Waals surface area (Å²) in [7, 11) is 0. The highest BCUT2D eigenvalue weighted by atomic mass is 79.9. The zero-order valence-corrected chi connectivity index (χ0v) is 13.5. The maximum absolute atomic E-state index is 13.8. The third-order valence-corrected chi connectivity index (χ3v) is 4.35. The third kappa shape index (κ3) is 3.30. The lowest BCUT2D eigenvalue weighted by Gasteiger charge is -2.26. The van der Waals surface area contributed by atoms with E-state index in [-0.39, 0.29) is 17.8 Å². The van der Waals surface area contributed by atoms with Crippen molar-refractivity contribution in [3.63, 3.8) is 0 Å². The lowest BCUT2D eigenvalue weighted by molar-refractivity contribution is 0.247. The molecule has 2 aromatic carbocycles. The van der Waals surface area contributed by atoms with Gasteiger partial charge in [0.15, 0.2) is 0 Å². The number of amides is 2. The summed E-state index contributed by atoms with van der Waals surface area (Å²) in [6.07, 6.45) is 2.97. The number of halogens is 2. The summed E-state index contributed by atoms with van der Waals surface area (Å²) in [5.74, 6) is -0.464. The van der Waals surface area contributed by atoms with E-state index in [9.17, 15) is 9.18 Å². The molecule has 22 heavy (non-hydrogen) atoms. The van der Waals surface area contributed by atoms with Crippen LogP contribution in [0.25, 0.3) is 0 Å². The first-order valence-corrected chi connectivity index (χ1v) is 8.03.